The quantitative estimate of drug-likeness (QED) is 0.834. The standard InChI is InChI=1S/C22H32N2O3/c25-22(23-20-7-12-26-13-8-20)16-18-4-10-24(11-5-18)9-3-17-1-2-21-19(15-17)6-14-27-21/h1-2,15,18,20H,3-14,16H2,(H,23,25). The van der Waals surface area contributed by atoms with Gasteiger partial charge in [0.05, 0.1) is 6.61 Å². The molecule has 1 aromatic rings. The van der Waals surface area contributed by atoms with Crippen LogP contribution in [0.15, 0.2) is 18.2 Å². The fraction of sp³-hybridized carbons (Fsp3) is 0.682. The van der Waals surface area contributed by atoms with Crippen LogP contribution in [0.4, 0.5) is 0 Å². The number of hydrogen-bond donors (Lipinski definition) is 1. The maximum absolute atomic E-state index is 12.3. The fourth-order valence-electron chi connectivity index (χ4n) is 4.49. The highest BCUT2D eigenvalue weighted by molar-refractivity contribution is 5.76. The number of piperidine rings is 1. The van der Waals surface area contributed by atoms with E-state index in [0.717, 1.165) is 83.7 Å². The molecule has 27 heavy (non-hydrogen) atoms. The lowest BCUT2D eigenvalue weighted by molar-refractivity contribution is -0.123. The van der Waals surface area contributed by atoms with Crippen LogP contribution in [-0.4, -0.2) is 56.3 Å². The molecule has 0 atom stereocenters. The largest absolute Gasteiger partial charge is 0.493 e. The first-order valence-corrected chi connectivity index (χ1v) is 10.6. The molecule has 0 bridgehead atoms. The number of carbonyl (C=O) groups is 1. The summed E-state index contributed by atoms with van der Waals surface area (Å²) in [6.45, 7) is 5.72. The molecule has 5 nitrogen and oxygen atoms in total. The van der Waals surface area contributed by atoms with Crippen LogP contribution in [0.3, 0.4) is 0 Å². The van der Waals surface area contributed by atoms with Crippen molar-refractivity contribution in [2.24, 2.45) is 5.92 Å². The van der Waals surface area contributed by atoms with Gasteiger partial charge in [-0.05, 0) is 68.3 Å². The summed E-state index contributed by atoms with van der Waals surface area (Å²) in [5.41, 5.74) is 2.78. The molecule has 0 unspecified atom stereocenters. The number of nitrogens with one attached hydrogen (secondary N) is 1. The Morgan fingerprint density at radius 2 is 1.93 bits per heavy atom. The summed E-state index contributed by atoms with van der Waals surface area (Å²) < 4.78 is 10.9. The van der Waals surface area contributed by atoms with E-state index in [9.17, 15) is 4.79 Å². The molecule has 3 aliphatic rings. The van der Waals surface area contributed by atoms with E-state index < -0.39 is 0 Å². The maximum atomic E-state index is 12.3. The van der Waals surface area contributed by atoms with Gasteiger partial charge in [0.1, 0.15) is 5.75 Å². The topological polar surface area (TPSA) is 50.8 Å². The third kappa shape index (κ3) is 5.23. The Morgan fingerprint density at radius 3 is 2.74 bits per heavy atom. The Bertz CT molecular complexity index is 634. The van der Waals surface area contributed by atoms with Crippen LogP contribution in [0.2, 0.25) is 0 Å². The van der Waals surface area contributed by atoms with Crippen molar-refractivity contribution < 1.29 is 14.3 Å². The number of hydrogen-bond acceptors (Lipinski definition) is 4. The summed E-state index contributed by atoms with van der Waals surface area (Å²) in [4.78, 5) is 14.8. The van der Waals surface area contributed by atoms with E-state index in [1.165, 1.54) is 11.1 Å². The molecule has 0 radical (unpaired) electrons. The number of nitrogens with zero attached hydrogens (tertiary/aromatic N) is 1. The Balaban J connectivity index is 1.15. The molecule has 0 saturated carbocycles. The van der Waals surface area contributed by atoms with Crippen LogP contribution in [0.5, 0.6) is 5.75 Å². The van der Waals surface area contributed by atoms with Gasteiger partial charge in [0.2, 0.25) is 5.91 Å². The molecule has 0 aromatic heterocycles. The highest BCUT2D eigenvalue weighted by Gasteiger charge is 2.23. The lowest BCUT2D eigenvalue weighted by Crippen LogP contribution is -2.41. The Morgan fingerprint density at radius 1 is 1.11 bits per heavy atom. The summed E-state index contributed by atoms with van der Waals surface area (Å²) in [7, 11) is 0. The zero-order valence-corrected chi connectivity index (χ0v) is 16.3. The number of likely N-dealkylation sites (tertiary alicyclic amines) is 1. The lowest BCUT2D eigenvalue weighted by Gasteiger charge is -2.32. The van der Waals surface area contributed by atoms with Crippen molar-refractivity contribution in [3.8, 4) is 5.75 Å². The van der Waals surface area contributed by atoms with Gasteiger partial charge in [-0.15, -0.1) is 0 Å². The third-order valence-corrected chi connectivity index (χ3v) is 6.24. The van der Waals surface area contributed by atoms with Crippen molar-refractivity contribution in [1.29, 1.82) is 0 Å². The van der Waals surface area contributed by atoms with Gasteiger partial charge in [-0.2, -0.15) is 0 Å². The zero-order valence-electron chi connectivity index (χ0n) is 16.3. The summed E-state index contributed by atoms with van der Waals surface area (Å²) in [5, 5.41) is 3.20. The van der Waals surface area contributed by atoms with Crippen LogP contribution >= 0.6 is 0 Å². The normalized spacial score (nSPS) is 21.6. The van der Waals surface area contributed by atoms with Gasteiger partial charge < -0.3 is 19.7 Å². The second-order valence-electron chi connectivity index (χ2n) is 8.23. The summed E-state index contributed by atoms with van der Waals surface area (Å²) >= 11 is 0. The predicted molar refractivity (Wildman–Crippen MR) is 105 cm³/mol. The third-order valence-electron chi connectivity index (χ3n) is 6.24. The molecule has 1 aromatic carbocycles. The van der Waals surface area contributed by atoms with Gasteiger partial charge in [-0.3, -0.25) is 4.79 Å². The molecule has 5 heteroatoms. The Kier molecular flexibility index (Phi) is 6.30. The highest BCUT2D eigenvalue weighted by Crippen LogP contribution is 2.26. The number of ether oxygens (including phenoxy) is 2. The van der Waals surface area contributed by atoms with Gasteiger partial charge in [-0.25, -0.2) is 0 Å². The highest BCUT2D eigenvalue weighted by atomic mass is 16.5. The molecule has 2 fully saturated rings. The van der Waals surface area contributed by atoms with Crippen molar-refractivity contribution >= 4 is 5.91 Å². The average Bonchev–Trinajstić information content (AvgIpc) is 3.16. The van der Waals surface area contributed by atoms with Crippen molar-refractivity contribution in [3.63, 3.8) is 0 Å². The molecular weight excluding hydrogens is 340 g/mol. The first-order valence-electron chi connectivity index (χ1n) is 10.6. The maximum Gasteiger partial charge on any atom is 0.220 e. The van der Waals surface area contributed by atoms with Crippen LogP contribution in [0, 0.1) is 5.92 Å². The number of rotatable bonds is 6. The fourth-order valence-corrected chi connectivity index (χ4v) is 4.49. The van der Waals surface area contributed by atoms with Gasteiger partial charge in [-0.1, -0.05) is 12.1 Å². The molecule has 1 amide bonds. The second kappa shape index (κ2) is 9.07. The van der Waals surface area contributed by atoms with E-state index in [2.05, 4.69) is 28.4 Å². The van der Waals surface area contributed by atoms with Gasteiger partial charge in [0.25, 0.3) is 0 Å². The zero-order chi connectivity index (χ0) is 18.5. The van der Waals surface area contributed by atoms with E-state index in [4.69, 9.17) is 9.47 Å². The number of fused-ring (bicyclic) bond motifs is 1. The van der Waals surface area contributed by atoms with Crippen molar-refractivity contribution in [2.45, 2.75) is 51.0 Å². The molecule has 3 heterocycles. The van der Waals surface area contributed by atoms with E-state index in [0.29, 0.717) is 18.4 Å². The first-order chi connectivity index (χ1) is 13.3. The van der Waals surface area contributed by atoms with E-state index >= 15 is 0 Å². The molecule has 4 rings (SSSR count). The minimum atomic E-state index is 0.237. The minimum absolute atomic E-state index is 0.237. The minimum Gasteiger partial charge on any atom is -0.493 e. The van der Waals surface area contributed by atoms with Crippen molar-refractivity contribution in [3.05, 3.63) is 29.3 Å². The van der Waals surface area contributed by atoms with Crippen LogP contribution < -0.4 is 10.1 Å². The Labute approximate surface area is 162 Å². The first kappa shape index (κ1) is 18.8. The SMILES string of the molecule is O=C(CC1CCN(CCc2ccc3c(c2)CCO3)CC1)NC1CCOCC1. The van der Waals surface area contributed by atoms with E-state index in [-0.39, 0.29) is 5.91 Å². The monoisotopic (exact) mass is 372 g/mol. The van der Waals surface area contributed by atoms with Crippen LogP contribution in [0.1, 0.15) is 43.2 Å². The molecule has 148 valence electrons. The van der Waals surface area contributed by atoms with Crippen LogP contribution in [0.25, 0.3) is 0 Å². The van der Waals surface area contributed by atoms with E-state index in [1.54, 1.807) is 0 Å². The smallest absolute Gasteiger partial charge is 0.220 e. The van der Waals surface area contributed by atoms with Crippen LogP contribution in [-0.2, 0) is 22.4 Å². The lowest BCUT2D eigenvalue weighted by atomic mass is 9.92. The van der Waals surface area contributed by atoms with Crippen molar-refractivity contribution in [2.75, 3.05) is 39.5 Å². The molecule has 0 spiro atoms. The molecule has 1 N–H and O–H groups in total. The van der Waals surface area contributed by atoms with Crippen molar-refractivity contribution in [1.82, 2.24) is 10.2 Å². The van der Waals surface area contributed by atoms with Gasteiger partial charge >= 0.3 is 0 Å². The molecule has 3 aliphatic heterocycles. The summed E-state index contributed by atoms with van der Waals surface area (Å²) in [6, 6.07) is 6.97. The predicted octanol–water partition coefficient (Wildman–Crippen LogP) is 2.56. The molecule has 2 saturated heterocycles. The summed E-state index contributed by atoms with van der Waals surface area (Å²) in [5.74, 6) is 1.84. The molecule has 0 aliphatic carbocycles. The number of benzene rings is 1. The summed E-state index contributed by atoms with van der Waals surface area (Å²) in [6.07, 6.45) is 7.03. The Hall–Kier alpha value is -1.59. The number of carbonyl (C=O) groups excluding carboxylic acids is 1. The van der Waals surface area contributed by atoms with Gasteiger partial charge in [0.15, 0.2) is 0 Å². The number of amides is 1. The second-order valence-corrected chi connectivity index (χ2v) is 8.23. The van der Waals surface area contributed by atoms with Gasteiger partial charge in [0, 0.05) is 38.6 Å². The average molecular weight is 373 g/mol. The van der Waals surface area contributed by atoms with E-state index in [1.807, 2.05) is 0 Å². The molecular formula is C22H32N2O3.